The number of urea groups is 1. The van der Waals surface area contributed by atoms with E-state index in [1.807, 2.05) is 0 Å². The Labute approximate surface area is 102 Å². The van der Waals surface area contributed by atoms with Gasteiger partial charge in [0.2, 0.25) is 0 Å². The molecule has 0 aliphatic carbocycles. The molecule has 0 aromatic carbocycles. The van der Waals surface area contributed by atoms with E-state index in [4.69, 9.17) is 4.74 Å². The molecule has 0 aromatic heterocycles. The highest BCUT2D eigenvalue weighted by Crippen LogP contribution is 2.18. The standard InChI is InChI=1S/C12H20N2O3/c1-4-17-11(15)10-6-5-7-14(8-10)12(16)13-9(2)3/h10H,2,4-8H2,1,3H3,(H,13,16). The molecule has 5 heteroatoms. The van der Waals surface area contributed by atoms with Crippen LogP contribution >= 0.6 is 0 Å². The molecule has 2 amide bonds. The first kappa shape index (κ1) is 13.5. The zero-order valence-corrected chi connectivity index (χ0v) is 10.5. The molecule has 1 N–H and O–H groups in total. The molecule has 0 saturated carbocycles. The van der Waals surface area contributed by atoms with E-state index < -0.39 is 0 Å². The van der Waals surface area contributed by atoms with Crippen LogP contribution in [-0.4, -0.2) is 36.6 Å². The average molecular weight is 240 g/mol. The number of rotatable bonds is 3. The molecular formula is C12H20N2O3. The molecule has 0 bridgehead atoms. The number of ether oxygens (including phenoxy) is 1. The molecule has 1 aliphatic rings. The molecule has 1 rings (SSSR count). The first-order chi connectivity index (χ1) is 8.04. The molecule has 1 atom stereocenters. The zero-order chi connectivity index (χ0) is 12.8. The molecule has 17 heavy (non-hydrogen) atoms. The first-order valence-electron chi connectivity index (χ1n) is 5.92. The second-order valence-corrected chi connectivity index (χ2v) is 4.25. The fourth-order valence-corrected chi connectivity index (χ4v) is 1.88. The Bertz CT molecular complexity index is 315. The normalized spacial score (nSPS) is 19.6. The highest BCUT2D eigenvalue weighted by molar-refractivity contribution is 5.78. The molecule has 0 spiro atoms. The summed E-state index contributed by atoms with van der Waals surface area (Å²) >= 11 is 0. The van der Waals surface area contributed by atoms with Gasteiger partial charge >= 0.3 is 12.0 Å². The fraction of sp³-hybridized carbons (Fsp3) is 0.667. The van der Waals surface area contributed by atoms with E-state index >= 15 is 0 Å². The predicted molar refractivity (Wildman–Crippen MR) is 64.3 cm³/mol. The SMILES string of the molecule is C=C(C)NC(=O)N1CCCC(C(=O)OCC)C1. The lowest BCUT2D eigenvalue weighted by Crippen LogP contribution is -2.46. The van der Waals surface area contributed by atoms with Gasteiger partial charge in [0.1, 0.15) is 0 Å². The van der Waals surface area contributed by atoms with Crippen molar-refractivity contribution in [2.24, 2.45) is 5.92 Å². The molecule has 5 nitrogen and oxygen atoms in total. The van der Waals surface area contributed by atoms with Gasteiger partial charge in [-0.1, -0.05) is 6.58 Å². The van der Waals surface area contributed by atoms with Crippen LogP contribution in [0.1, 0.15) is 26.7 Å². The third kappa shape index (κ3) is 4.09. The quantitative estimate of drug-likeness (QED) is 0.761. The highest BCUT2D eigenvalue weighted by Gasteiger charge is 2.29. The number of allylic oxidation sites excluding steroid dienone is 1. The van der Waals surface area contributed by atoms with Gasteiger partial charge in [-0.05, 0) is 26.7 Å². The summed E-state index contributed by atoms with van der Waals surface area (Å²) in [6, 6.07) is -0.188. The van der Waals surface area contributed by atoms with Crippen LogP contribution in [0.3, 0.4) is 0 Å². The summed E-state index contributed by atoms with van der Waals surface area (Å²) in [5, 5.41) is 2.64. The minimum absolute atomic E-state index is 0.188. The van der Waals surface area contributed by atoms with Gasteiger partial charge in [-0.15, -0.1) is 0 Å². The van der Waals surface area contributed by atoms with Crippen LogP contribution in [0, 0.1) is 5.92 Å². The van der Waals surface area contributed by atoms with Crippen molar-refractivity contribution in [3.8, 4) is 0 Å². The Balaban J connectivity index is 2.51. The third-order valence-electron chi connectivity index (χ3n) is 2.65. The second kappa shape index (κ2) is 6.27. The maximum atomic E-state index is 11.7. The minimum atomic E-state index is -0.208. The largest absolute Gasteiger partial charge is 0.466 e. The molecular weight excluding hydrogens is 220 g/mol. The molecule has 1 unspecified atom stereocenters. The summed E-state index contributed by atoms with van der Waals surface area (Å²) in [6.45, 7) is 8.62. The van der Waals surface area contributed by atoms with Crippen molar-refractivity contribution in [1.29, 1.82) is 0 Å². The van der Waals surface area contributed by atoms with Gasteiger partial charge < -0.3 is 15.0 Å². The van der Waals surface area contributed by atoms with Crippen molar-refractivity contribution in [1.82, 2.24) is 10.2 Å². The number of likely N-dealkylation sites (tertiary alicyclic amines) is 1. The topological polar surface area (TPSA) is 58.6 Å². The molecule has 0 aromatic rings. The molecule has 1 saturated heterocycles. The van der Waals surface area contributed by atoms with Crippen molar-refractivity contribution in [3.05, 3.63) is 12.3 Å². The lowest BCUT2D eigenvalue weighted by Gasteiger charge is -2.31. The number of esters is 1. The van der Waals surface area contributed by atoms with E-state index in [0.29, 0.717) is 25.4 Å². The number of hydrogen-bond donors (Lipinski definition) is 1. The molecule has 1 heterocycles. The number of nitrogens with zero attached hydrogens (tertiary/aromatic N) is 1. The fourth-order valence-electron chi connectivity index (χ4n) is 1.88. The summed E-state index contributed by atoms with van der Waals surface area (Å²) < 4.78 is 4.98. The number of nitrogens with one attached hydrogen (secondary N) is 1. The van der Waals surface area contributed by atoms with Crippen LogP contribution in [0.15, 0.2) is 12.3 Å². The average Bonchev–Trinajstić information content (AvgIpc) is 2.28. The number of amides is 2. The molecule has 1 aliphatic heterocycles. The van der Waals surface area contributed by atoms with Gasteiger partial charge in [0.15, 0.2) is 0 Å². The van der Waals surface area contributed by atoms with E-state index in [1.165, 1.54) is 0 Å². The van der Waals surface area contributed by atoms with Gasteiger partial charge in [-0.3, -0.25) is 4.79 Å². The summed E-state index contributed by atoms with van der Waals surface area (Å²) in [5.74, 6) is -0.403. The lowest BCUT2D eigenvalue weighted by molar-refractivity contribution is -0.149. The van der Waals surface area contributed by atoms with Crippen molar-refractivity contribution < 1.29 is 14.3 Å². The van der Waals surface area contributed by atoms with E-state index in [-0.39, 0.29) is 17.9 Å². The van der Waals surface area contributed by atoms with Gasteiger partial charge in [-0.25, -0.2) is 4.79 Å². The Morgan fingerprint density at radius 2 is 2.24 bits per heavy atom. The van der Waals surface area contributed by atoms with Gasteiger partial charge in [0, 0.05) is 18.8 Å². The maximum Gasteiger partial charge on any atom is 0.321 e. The Morgan fingerprint density at radius 1 is 1.53 bits per heavy atom. The Kier molecular flexibility index (Phi) is 5.00. The number of carbonyl (C=O) groups excluding carboxylic acids is 2. The Morgan fingerprint density at radius 3 is 2.82 bits per heavy atom. The molecule has 0 radical (unpaired) electrons. The minimum Gasteiger partial charge on any atom is -0.466 e. The number of hydrogen-bond acceptors (Lipinski definition) is 3. The molecule has 1 fully saturated rings. The van der Waals surface area contributed by atoms with Crippen molar-refractivity contribution in [2.75, 3.05) is 19.7 Å². The predicted octanol–water partition coefficient (Wildman–Crippen LogP) is 1.50. The highest BCUT2D eigenvalue weighted by atomic mass is 16.5. The third-order valence-corrected chi connectivity index (χ3v) is 2.65. The van der Waals surface area contributed by atoms with Crippen molar-refractivity contribution in [2.45, 2.75) is 26.7 Å². The van der Waals surface area contributed by atoms with Gasteiger partial charge in [0.05, 0.1) is 12.5 Å². The Hall–Kier alpha value is -1.52. The van der Waals surface area contributed by atoms with Gasteiger partial charge in [-0.2, -0.15) is 0 Å². The van der Waals surface area contributed by atoms with E-state index in [2.05, 4.69) is 11.9 Å². The van der Waals surface area contributed by atoms with Crippen LogP contribution < -0.4 is 5.32 Å². The zero-order valence-electron chi connectivity index (χ0n) is 10.5. The first-order valence-corrected chi connectivity index (χ1v) is 5.92. The van der Waals surface area contributed by atoms with E-state index in [1.54, 1.807) is 18.7 Å². The monoisotopic (exact) mass is 240 g/mol. The van der Waals surface area contributed by atoms with E-state index in [9.17, 15) is 9.59 Å². The van der Waals surface area contributed by atoms with Crippen LogP contribution in [0.2, 0.25) is 0 Å². The number of carbonyl (C=O) groups is 2. The van der Waals surface area contributed by atoms with Crippen LogP contribution in [0.4, 0.5) is 4.79 Å². The summed E-state index contributed by atoms with van der Waals surface area (Å²) in [7, 11) is 0. The maximum absolute atomic E-state index is 11.7. The van der Waals surface area contributed by atoms with E-state index in [0.717, 1.165) is 12.8 Å². The van der Waals surface area contributed by atoms with Crippen molar-refractivity contribution >= 4 is 12.0 Å². The summed E-state index contributed by atoms with van der Waals surface area (Å²) in [6.07, 6.45) is 1.61. The number of piperidine rings is 1. The smallest absolute Gasteiger partial charge is 0.321 e. The van der Waals surface area contributed by atoms with Gasteiger partial charge in [0.25, 0.3) is 0 Å². The lowest BCUT2D eigenvalue weighted by atomic mass is 9.98. The van der Waals surface area contributed by atoms with Crippen LogP contribution in [0.5, 0.6) is 0 Å². The second-order valence-electron chi connectivity index (χ2n) is 4.25. The summed E-state index contributed by atoms with van der Waals surface area (Å²) in [4.78, 5) is 25.0. The van der Waals surface area contributed by atoms with Crippen LogP contribution in [0.25, 0.3) is 0 Å². The van der Waals surface area contributed by atoms with Crippen LogP contribution in [-0.2, 0) is 9.53 Å². The van der Waals surface area contributed by atoms with Crippen molar-refractivity contribution in [3.63, 3.8) is 0 Å². The molecule has 96 valence electrons. The summed E-state index contributed by atoms with van der Waals surface area (Å²) in [5.41, 5.74) is 0.605.